The van der Waals surface area contributed by atoms with Crippen molar-refractivity contribution in [3.05, 3.63) is 42.0 Å². The highest BCUT2D eigenvalue weighted by atomic mass is 16.5. The van der Waals surface area contributed by atoms with E-state index in [9.17, 15) is 0 Å². The van der Waals surface area contributed by atoms with Crippen LogP contribution in [0.1, 0.15) is 26.3 Å². The van der Waals surface area contributed by atoms with Gasteiger partial charge in [-0.05, 0) is 44.0 Å². The smallest absolute Gasteiger partial charge is 0.119 e. The van der Waals surface area contributed by atoms with Gasteiger partial charge in [0, 0.05) is 12.1 Å². The fourth-order valence-electron chi connectivity index (χ4n) is 1.42. The number of hydrogen-bond donors (Lipinski definition) is 1. The summed E-state index contributed by atoms with van der Waals surface area (Å²) in [4.78, 5) is 0. The van der Waals surface area contributed by atoms with Crippen molar-refractivity contribution in [1.82, 2.24) is 5.32 Å². The Balaban J connectivity index is 2.36. The van der Waals surface area contributed by atoms with E-state index in [1.165, 1.54) is 0 Å². The van der Waals surface area contributed by atoms with E-state index < -0.39 is 0 Å². The SMILES string of the molecule is C=C(CNC(C)(C)C)COc1ccc(CC#N)cc1. The van der Waals surface area contributed by atoms with Gasteiger partial charge >= 0.3 is 0 Å². The fraction of sp³-hybridized carbons (Fsp3) is 0.438. The van der Waals surface area contributed by atoms with Gasteiger partial charge in [0.1, 0.15) is 12.4 Å². The van der Waals surface area contributed by atoms with Gasteiger partial charge in [-0.2, -0.15) is 5.26 Å². The molecule has 0 unspecified atom stereocenters. The minimum absolute atomic E-state index is 0.0852. The molecule has 0 radical (unpaired) electrons. The second-order valence-corrected chi connectivity index (χ2v) is 5.62. The molecule has 0 heterocycles. The van der Waals surface area contributed by atoms with Crippen LogP contribution in [0.4, 0.5) is 0 Å². The van der Waals surface area contributed by atoms with Crippen LogP contribution in [0.25, 0.3) is 0 Å². The van der Waals surface area contributed by atoms with E-state index in [4.69, 9.17) is 10.00 Å². The van der Waals surface area contributed by atoms with Crippen LogP contribution >= 0.6 is 0 Å². The Morgan fingerprint density at radius 3 is 2.47 bits per heavy atom. The van der Waals surface area contributed by atoms with Crippen LogP contribution in [-0.4, -0.2) is 18.7 Å². The molecule has 3 heteroatoms. The van der Waals surface area contributed by atoms with Crippen LogP contribution in [0.5, 0.6) is 5.75 Å². The van der Waals surface area contributed by atoms with Gasteiger partial charge in [-0.15, -0.1) is 0 Å². The van der Waals surface area contributed by atoms with Crippen LogP contribution in [0.3, 0.4) is 0 Å². The number of ether oxygens (including phenoxy) is 1. The van der Waals surface area contributed by atoms with Crippen molar-refractivity contribution in [2.75, 3.05) is 13.2 Å². The second kappa shape index (κ2) is 6.96. The van der Waals surface area contributed by atoms with Crippen LogP contribution in [0, 0.1) is 11.3 Å². The number of benzene rings is 1. The molecular formula is C16H22N2O. The maximum absolute atomic E-state index is 8.59. The predicted octanol–water partition coefficient (Wildman–Crippen LogP) is 3.08. The Hall–Kier alpha value is -1.79. The molecule has 0 bridgehead atoms. The first-order valence-corrected chi connectivity index (χ1v) is 6.41. The molecule has 0 aliphatic heterocycles. The van der Waals surface area contributed by atoms with Crippen molar-refractivity contribution in [2.45, 2.75) is 32.7 Å². The molecule has 0 saturated heterocycles. The van der Waals surface area contributed by atoms with Gasteiger partial charge in [-0.25, -0.2) is 0 Å². The Morgan fingerprint density at radius 2 is 1.95 bits per heavy atom. The molecule has 1 N–H and O–H groups in total. The molecule has 0 atom stereocenters. The molecule has 1 rings (SSSR count). The van der Waals surface area contributed by atoms with E-state index in [-0.39, 0.29) is 5.54 Å². The number of nitrogens with one attached hydrogen (secondary N) is 1. The molecule has 0 aliphatic rings. The lowest BCUT2D eigenvalue weighted by Crippen LogP contribution is -2.37. The van der Waals surface area contributed by atoms with E-state index in [1.54, 1.807) is 0 Å². The monoisotopic (exact) mass is 258 g/mol. The van der Waals surface area contributed by atoms with E-state index in [0.717, 1.165) is 23.4 Å². The van der Waals surface area contributed by atoms with E-state index >= 15 is 0 Å². The lowest BCUT2D eigenvalue weighted by atomic mass is 10.1. The highest BCUT2D eigenvalue weighted by Gasteiger charge is 2.08. The molecule has 1 aromatic carbocycles. The Labute approximate surface area is 115 Å². The van der Waals surface area contributed by atoms with Gasteiger partial charge in [0.25, 0.3) is 0 Å². The van der Waals surface area contributed by atoms with Crippen molar-refractivity contribution in [1.29, 1.82) is 5.26 Å². The van der Waals surface area contributed by atoms with Crippen LogP contribution in [0.2, 0.25) is 0 Å². The molecule has 3 nitrogen and oxygen atoms in total. The van der Waals surface area contributed by atoms with Crippen molar-refractivity contribution < 1.29 is 4.74 Å². The second-order valence-electron chi connectivity index (χ2n) is 5.62. The van der Waals surface area contributed by atoms with Gasteiger partial charge < -0.3 is 10.1 Å². The summed E-state index contributed by atoms with van der Waals surface area (Å²) in [5.41, 5.74) is 2.10. The quantitative estimate of drug-likeness (QED) is 0.798. The van der Waals surface area contributed by atoms with Gasteiger partial charge in [-0.3, -0.25) is 0 Å². The normalized spacial score (nSPS) is 10.8. The third-order valence-electron chi connectivity index (χ3n) is 2.52. The van der Waals surface area contributed by atoms with Crippen LogP contribution in [-0.2, 0) is 6.42 Å². The molecule has 0 aromatic heterocycles. The van der Waals surface area contributed by atoms with E-state index in [1.807, 2.05) is 24.3 Å². The van der Waals surface area contributed by atoms with Crippen molar-refractivity contribution in [2.24, 2.45) is 0 Å². The van der Waals surface area contributed by atoms with Crippen molar-refractivity contribution in [3.63, 3.8) is 0 Å². The summed E-state index contributed by atoms with van der Waals surface area (Å²) >= 11 is 0. The van der Waals surface area contributed by atoms with E-state index in [2.05, 4.69) is 38.7 Å². The Bertz CT molecular complexity index is 449. The van der Waals surface area contributed by atoms with Gasteiger partial charge in [0.15, 0.2) is 0 Å². The maximum Gasteiger partial charge on any atom is 0.119 e. The molecular weight excluding hydrogens is 236 g/mol. The van der Waals surface area contributed by atoms with Crippen molar-refractivity contribution in [3.8, 4) is 11.8 Å². The fourth-order valence-corrected chi connectivity index (χ4v) is 1.42. The van der Waals surface area contributed by atoms with Crippen molar-refractivity contribution >= 4 is 0 Å². The largest absolute Gasteiger partial charge is 0.489 e. The predicted molar refractivity (Wildman–Crippen MR) is 78.1 cm³/mol. The zero-order chi connectivity index (χ0) is 14.3. The molecule has 0 amide bonds. The lowest BCUT2D eigenvalue weighted by Gasteiger charge is -2.21. The summed E-state index contributed by atoms with van der Waals surface area (Å²) < 4.78 is 5.64. The molecule has 0 spiro atoms. The molecule has 0 fully saturated rings. The first-order valence-electron chi connectivity index (χ1n) is 6.41. The number of hydrogen-bond acceptors (Lipinski definition) is 3. The molecule has 102 valence electrons. The summed E-state index contributed by atoms with van der Waals surface area (Å²) in [5, 5.41) is 12.0. The zero-order valence-electron chi connectivity index (χ0n) is 12.0. The molecule has 1 aromatic rings. The van der Waals surface area contributed by atoms with Crippen LogP contribution < -0.4 is 10.1 Å². The first kappa shape index (κ1) is 15.3. The highest BCUT2D eigenvalue weighted by molar-refractivity contribution is 5.29. The van der Waals surface area contributed by atoms with Gasteiger partial charge in [0.05, 0.1) is 12.5 Å². The number of nitriles is 1. The molecule has 0 saturated carbocycles. The summed E-state index contributed by atoms with van der Waals surface area (Å²) in [7, 11) is 0. The molecule has 19 heavy (non-hydrogen) atoms. The summed E-state index contributed by atoms with van der Waals surface area (Å²) in [5.74, 6) is 0.804. The number of rotatable bonds is 6. The van der Waals surface area contributed by atoms with Gasteiger partial charge in [0.2, 0.25) is 0 Å². The topological polar surface area (TPSA) is 45.0 Å². The molecule has 0 aliphatic carbocycles. The summed E-state index contributed by atoms with van der Waals surface area (Å²) in [6.45, 7) is 11.6. The average Bonchev–Trinajstić information content (AvgIpc) is 2.35. The zero-order valence-corrected chi connectivity index (χ0v) is 12.0. The van der Waals surface area contributed by atoms with E-state index in [0.29, 0.717) is 13.0 Å². The minimum atomic E-state index is 0.0852. The Morgan fingerprint density at radius 1 is 1.32 bits per heavy atom. The standard InChI is InChI=1S/C16H22N2O/c1-13(11-18-16(2,3)4)12-19-15-7-5-14(6-8-15)9-10-17/h5-8,18H,1,9,11-12H2,2-4H3. The average molecular weight is 258 g/mol. The first-order chi connectivity index (χ1) is 8.90. The van der Waals surface area contributed by atoms with Crippen LogP contribution in [0.15, 0.2) is 36.4 Å². The Kier molecular flexibility index (Phi) is 5.59. The number of nitrogens with zero attached hydrogens (tertiary/aromatic N) is 1. The summed E-state index contributed by atoms with van der Waals surface area (Å²) in [6, 6.07) is 9.72. The maximum atomic E-state index is 8.59. The third kappa shape index (κ3) is 6.64. The third-order valence-corrected chi connectivity index (χ3v) is 2.52. The minimum Gasteiger partial charge on any atom is -0.489 e. The highest BCUT2D eigenvalue weighted by Crippen LogP contribution is 2.13. The summed E-state index contributed by atoms with van der Waals surface area (Å²) in [6.07, 6.45) is 0.433. The lowest BCUT2D eigenvalue weighted by molar-refractivity contribution is 0.341. The van der Waals surface area contributed by atoms with Gasteiger partial charge in [-0.1, -0.05) is 18.7 Å².